The molecule has 1 aliphatic heterocycles. The van der Waals surface area contributed by atoms with E-state index in [1.54, 1.807) is 6.08 Å². The normalized spacial score (nSPS) is 21.5. The van der Waals surface area contributed by atoms with E-state index in [0.717, 1.165) is 51.4 Å². The molecular weight excluding hydrogens is 759 g/mol. The number of aliphatic hydroxyl groups is 6. The van der Waals surface area contributed by atoms with Gasteiger partial charge in [0.15, 0.2) is 6.29 Å². The minimum Gasteiger partial charge on any atom is -0.394 e. The van der Waals surface area contributed by atoms with Gasteiger partial charge in [0.2, 0.25) is 5.91 Å². The third-order valence-electron chi connectivity index (χ3n) is 11.4. The van der Waals surface area contributed by atoms with Crippen LogP contribution in [-0.4, -0.2) is 98.7 Å². The van der Waals surface area contributed by atoms with Gasteiger partial charge >= 0.3 is 0 Å². The molecule has 7 N–H and O–H groups in total. The van der Waals surface area contributed by atoms with Gasteiger partial charge in [0.05, 0.1) is 25.4 Å². The molecule has 1 rings (SSSR count). The molecule has 0 aromatic heterocycles. The highest BCUT2D eigenvalue weighted by Gasteiger charge is 2.44. The molecule has 0 bridgehead atoms. The van der Waals surface area contributed by atoms with E-state index in [1.165, 1.54) is 116 Å². The Kier molecular flexibility index (Phi) is 37.3. The van der Waals surface area contributed by atoms with Crippen molar-refractivity contribution in [2.24, 2.45) is 0 Å². The SMILES string of the molecule is CCC/C=C/CC/C=C/CC/C=C/C(O)C(COC1OC(CO)C(O)C(O)C1O)NC(=O)C(O)CCCCCCCCCC/C=C\CCCCCCCCCCCCCC. The molecule has 10 heteroatoms. The van der Waals surface area contributed by atoms with Crippen molar-refractivity contribution in [3.63, 3.8) is 0 Å². The molecule has 60 heavy (non-hydrogen) atoms. The van der Waals surface area contributed by atoms with Crippen LogP contribution in [0.2, 0.25) is 0 Å². The van der Waals surface area contributed by atoms with Crippen LogP contribution in [0.5, 0.6) is 0 Å². The van der Waals surface area contributed by atoms with Gasteiger partial charge < -0.3 is 45.4 Å². The van der Waals surface area contributed by atoms with Gasteiger partial charge in [-0.15, -0.1) is 0 Å². The predicted octanol–water partition coefficient (Wildman–Crippen LogP) is 9.59. The summed E-state index contributed by atoms with van der Waals surface area (Å²) in [4.78, 5) is 13.0. The number of carbonyl (C=O) groups is 1. The van der Waals surface area contributed by atoms with Crippen molar-refractivity contribution < 1.29 is 44.9 Å². The van der Waals surface area contributed by atoms with Crippen molar-refractivity contribution in [1.82, 2.24) is 5.32 Å². The Labute approximate surface area is 366 Å². The fraction of sp³-hybridized carbons (Fsp3) is 0.820. The van der Waals surface area contributed by atoms with E-state index >= 15 is 0 Å². The Morgan fingerprint density at radius 1 is 0.567 bits per heavy atom. The van der Waals surface area contributed by atoms with Gasteiger partial charge in [0.1, 0.15) is 30.5 Å². The molecule has 350 valence electrons. The lowest BCUT2D eigenvalue weighted by Gasteiger charge is -2.40. The zero-order valence-corrected chi connectivity index (χ0v) is 38.1. The quantitative estimate of drug-likeness (QED) is 0.0235. The van der Waals surface area contributed by atoms with Crippen LogP contribution in [0, 0.1) is 0 Å². The summed E-state index contributed by atoms with van der Waals surface area (Å²) in [6, 6.07) is -1.00. The van der Waals surface area contributed by atoms with E-state index in [-0.39, 0.29) is 6.61 Å². The summed E-state index contributed by atoms with van der Waals surface area (Å²) in [5.74, 6) is -0.635. The molecule has 8 unspecified atom stereocenters. The number of rotatable bonds is 40. The first kappa shape index (κ1) is 56.1. The van der Waals surface area contributed by atoms with Crippen LogP contribution >= 0.6 is 0 Å². The average Bonchev–Trinajstić information content (AvgIpc) is 3.25. The minimum absolute atomic E-state index is 0.296. The van der Waals surface area contributed by atoms with E-state index in [1.807, 2.05) is 6.08 Å². The number of ether oxygens (including phenoxy) is 2. The minimum atomic E-state index is -1.62. The van der Waals surface area contributed by atoms with Crippen molar-refractivity contribution in [2.75, 3.05) is 13.2 Å². The summed E-state index contributed by atoms with van der Waals surface area (Å²) in [6.07, 6.45) is 40.8. The monoisotopic (exact) mass is 850 g/mol. The van der Waals surface area contributed by atoms with Gasteiger partial charge in [-0.3, -0.25) is 4.79 Å². The number of amides is 1. The van der Waals surface area contributed by atoms with Crippen molar-refractivity contribution in [3.05, 3.63) is 48.6 Å². The zero-order valence-electron chi connectivity index (χ0n) is 38.1. The lowest BCUT2D eigenvalue weighted by Crippen LogP contribution is -2.60. The lowest BCUT2D eigenvalue weighted by atomic mass is 9.99. The second-order valence-corrected chi connectivity index (χ2v) is 17.0. The number of aliphatic hydroxyl groups excluding tert-OH is 6. The summed E-state index contributed by atoms with van der Waals surface area (Å²) in [6.45, 7) is 3.50. The number of allylic oxidation sites excluding steroid dienone is 7. The second-order valence-electron chi connectivity index (χ2n) is 17.0. The molecule has 1 heterocycles. The topological polar surface area (TPSA) is 169 Å². The van der Waals surface area contributed by atoms with E-state index in [9.17, 15) is 35.4 Å². The van der Waals surface area contributed by atoms with E-state index < -0.39 is 61.5 Å². The number of carbonyl (C=O) groups excluding carboxylic acids is 1. The van der Waals surface area contributed by atoms with Crippen LogP contribution in [0.25, 0.3) is 0 Å². The third-order valence-corrected chi connectivity index (χ3v) is 11.4. The Balaban J connectivity index is 2.30. The van der Waals surface area contributed by atoms with Crippen LogP contribution in [0.15, 0.2) is 48.6 Å². The van der Waals surface area contributed by atoms with Crippen molar-refractivity contribution in [3.8, 4) is 0 Å². The maximum absolute atomic E-state index is 13.0. The summed E-state index contributed by atoms with van der Waals surface area (Å²) in [5, 5.41) is 64.6. The summed E-state index contributed by atoms with van der Waals surface area (Å²) in [7, 11) is 0. The van der Waals surface area contributed by atoms with Crippen LogP contribution in [-0.2, 0) is 14.3 Å². The summed E-state index contributed by atoms with van der Waals surface area (Å²) >= 11 is 0. The van der Waals surface area contributed by atoms with Crippen molar-refractivity contribution >= 4 is 5.91 Å². The fourth-order valence-electron chi connectivity index (χ4n) is 7.43. The molecule has 8 atom stereocenters. The first-order valence-electron chi connectivity index (χ1n) is 24.5. The molecule has 1 saturated heterocycles. The molecule has 1 amide bonds. The molecule has 1 fully saturated rings. The number of unbranched alkanes of at least 4 members (excludes halogenated alkanes) is 23. The Hall–Kier alpha value is -1.89. The van der Waals surface area contributed by atoms with Gasteiger partial charge in [-0.1, -0.05) is 184 Å². The molecule has 1 aliphatic rings. The number of hydrogen-bond acceptors (Lipinski definition) is 9. The Bertz CT molecular complexity index is 1100. The Morgan fingerprint density at radius 3 is 1.52 bits per heavy atom. The van der Waals surface area contributed by atoms with Crippen molar-refractivity contribution in [2.45, 2.75) is 249 Å². The lowest BCUT2D eigenvalue weighted by molar-refractivity contribution is -0.302. The summed E-state index contributed by atoms with van der Waals surface area (Å²) < 4.78 is 11.1. The molecule has 0 aliphatic carbocycles. The molecule has 0 aromatic rings. The Morgan fingerprint density at radius 2 is 1.02 bits per heavy atom. The van der Waals surface area contributed by atoms with Gasteiger partial charge in [0.25, 0.3) is 0 Å². The van der Waals surface area contributed by atoms with Gasteiger partial charge in [-0.2, -0.15) is 0 Å². The highest BCUT2D eigenvalue weighted by atomic mass is 16.7. The molecule has 0 saturated carbocycles. The van der Waals surface area contributed by atoms with Crippen LogP contribution in [0.3, 0.4) is 0 Å². The smallest absolute Gasteiger partial charge is 0.249 e. The highest BCUT2D eigenvalue weighted by molar-refractivity contribution is 5.80. The largest absolute Gasteiger partial charge is 0.394 e. The fourth-order valence-corrected chi connectivity index (χ4v) is 7.43. The number of hydrogen-bond donors (Lipinski definition) is 7. The standard InChI is InChI=1S/C50H91NO9/c1-3-5-7-9-11-13-15-16-17-18-19-20-21-22-23-24-25-26-27-29-31-33-35-37-39-44(54)49(58)51-42(41-59-50-48(57)47(56)46(55)45(40-52)60-50)43(53)38-36-34-32-30-28-14-12-10-8-6-4-2/h8,10,22-23,28,30,36,38,42-48,50,52-57H,3-7,9,11-21,24-27,29,31-35,37,39-41H2,1-2H3,(H,51,58)/b10-8+,23-22-,30-28+,38-36+. The highest BCUT2D eigenvalue weighted by Crippen LogP contribution is 2.23. The van der Waals surface area contributed by atoms with E-state index in [0.29, 0.717) is 19.3 Å². The molecule has 0 spiro atoms. The first-order valence-corrected chi connectivity index (χ1v) is 24.5. The van der Waals surface area contributed by atoms with E-state index in [2.05, 4.69) is 55.6 Å². The maximum Gasteiger partial charge on any atom is 0.249 e. The van der Waals surface area contributed by atoms with Gasteiger partial charge in [-0.05, 0) is 64.2 Å². The first-order chi connectivity index (χ1) is 29.3. The van der Waals surface area contributed by atoms with Gasteiger partial charge in [0, 0.05) is 0 Å². The third kappa shape index (κ3) is 29.4. The van der Waals surface area contributed by atoms with Crippen molar-refractivity contribution in [1.29, 1.82) is 0 Å². The molecule has 0 radical (unpaired) electrons. The van der Waals surface area contributed by atoms with Crippen LogP contribution < -0.4 is 5.32 Å². The molecular formula is C50H91NO9. The number of nitrogens with one attached hydrogen (secondary N) is 1. The molecule has 0 aromatic carbocycles. The van der Waals surface area contributed by atoms with E-state index in [4.69, 9.17) is 9.47 Å². The average molecular weight is 850 g/mol. The second kappa shape index (κ2) is 39.9. The maximum atomic E-state index is 13.0. The summed E-state index contributed by atoms with van der Waals surface area (Å²) in [5.41, 5.74) is 0. The van der Waals surface area contributed by atoms with Crippen LogP contribution in [0.1, 0.15) is 200 Å². The van der Waals surface area contributed by atoms with Crippen LogP contribution in [0.4, 0.5) is 0 Å². The predicted molar refractivity (Wildman–Crippen MR) is 245 cm³/mol. The molecule has 10 nitrogen and oxygen atoms in total. The van der Waals surface area contributed by atoms with Gasteiger partial charge in [-0.25, -0.2) is 0 Å². The zero-order chi connectivity index (χ0) is 43.9.